The highest BCUT2D eigenvalue weighted by molar-refractivity contribution is 5.96. The number of aryl methyl sites for hydroxylation is 1. The fourth-order valence-electron chi connectivity index (χ4n) is 2.76. The van der Waals surface area contributed by atoms with Crippen molar-refractivity contribution < 1.29 is 14.6 Å². The molecule has 102 valence electrons. The first-order valence-electron chi connectivity index (χ1n) is 6.92. The summed E-state index contributed by atoms with van der Waals surface area (Å²) in [5, 5.41) is 12.3. The van der Waals surface area contributed by atoms with Crippen LogP contribution in [-0.4, -0.2) is 24.2 Å². The van der Waals surface area contributed by atoms with E-state index in [1.54, 1.807) is 0 Å². The number of ether oxygens (including phenoxy) is 1. The molecule has 1 fully saturated rings. The van der Waals surface area contributed by atoms with Crippen LogP contribution in [0.2, 0.25) is 0 Å². The summed E-state index contributed by atoms with van der Waals surface area (Å²) < 4.78 is 5.55. The van der Waals surface area contributed by atoms with E-state index in [-0.39, 0.29) is 12.5 Å². The predicted molar refractivity (Wildman–Crippen MR) is 72.3 cm³/mol. The van der Waals surface area contributed by atoms with E-state index < -0.39 is 5.41 Å². The summed E-state index contributed by atoms with van der Waals surface area (Å²) in [6.45, 7) is 0.708. The van der Waals surface area contributed by atoms with Gasteiger partial charge in [0.25, 0.3) is 0 Å². The highest BCUT2D eigenvalue weighted by atomic mass is 16.5. The van der Waals surface area contributed by atoms with Gasteiger partial charge in [0.2, 0.25) is 5.91 Å². The second-order valence-electron chi connectivity index (χ2n) is 5.52. The summed E-state index contributed by atoms with van der Waals surface area (Å²) >= 11 is 0. The van der Waals surface area contributed by atoms with Crippen LogP contribution in [0, 0.1) is 5.41 Å². The molecule has 1 heterocycles. The minimum Gasteiger partial charge on any atom is -0.493 e. The van der Waals surface area contributed by atoms with Crippen LogP contribution in [0.25, 0.3) is 0 Å². The molecule has 4 heteroatoms. The number of hydrogen-bond acceptors (Lipinski definition) is 3. The SMILES string of the molecule is O=C(Nc1ccc2c(c1)CCCO2)C1(CO)CCC1. The van der Waals surface area contributed by atoms with Crippen molar-refractivity contribution in [3.63, 3.8) is 0 Å². The Morgan fingerprint density at radius 3 is 2.89 bits per heavy atom. The zero-order valence-corrected chi connectivity index (χ0v) is 10.9. The fraction of sp³-hybridized carbons (Fsp3) is 0.533. The molecule has 4 nitrogen and oxygen atoms in total. The van der Waals surface area contributed by atoms with Gasteiger partial charge in [-0.2, -0.15) is 0 Å². The predicted octanol–water partition coefficient (Wildman–Crippen LogP) is 2.11. The van der Waals surface area contributed by atoms with Crippen molar-refractivity contribution >= 4 is 11.6 Å². The Morgan fingerprint density at radius 1 is 1.37 bits per heavy atom. The molecular formula is C15H19NO3. The standard InChI is InChI=1S/C15H19NO3/c17-10-15(6-2-7-15)14(18)16-12-4-5-13-11(9-12)3-1-8-19-13/h4-5,9,17H,1-3,6-8,10H2,(H,16,18). The van der Waals surface area contributed by atoms with Crippen LogP contribution in [0.5, 0.6) is 5.75 Å². The lowest BCUT2D eigenvalue weighted by Crippen LogP contribution is -2.44. The molecule has 0 atom stereocenters. The molecule has 0 saturated heterocycles. The monoisotopic (exact) mass is 261 g/mol. The Bertz CT molecular complexity index is 489. The van der Waals surface area contributed by atoms with E-state index in [1.807, 2.05) is 18.2 Å². The normalized spacial score (nSPS) is 19.8. The molecule has 2 aliphatic rings. The maximum absolute atomic E-state index is 12.2. The van der Waals surface area contributed by atoms with Crippen LogP contribution in [0.15, 0.2) is 18.2 Å². The van der Waals surface area contributed by atoms with Gasteiger partial charge in [-0.05, 0) is 49.4 Å². The van der Waals surface area contributed by atoms with Crippen molar-refractivity contribution in [2.24, 2.45) is 5.41 Å². The topological polar surface area (TPSA) is 58.6 Å². The van der Waals surface area contributed by atoms with Crippen LogP contribution < -0.4 is 10.1 Å². The summed E-state index contributed by atoms with van der Waals surface area (Å²) in [4.78, 5) is 12.2. The Labute approximate surface area is 112 Å². The minimum absolute atomic E-state index is 0.0575. The highest BCUT2D eigenvalue weighted by Crippen LogP contribution is 2.41. The Morgan fingerprint density at radius 2 is 2.21 bits per heavy atom. The van der Waals surface area contributed by atoms with Crippen molar-refractivity contribution in [1.29, 1.82) is 0 Å². The molecule has 0 aromatic heterocycles. The van der Waals surface area contributed by atoms with E-state index in [4.69, 9.17) is 4.74 Å². The molecule has 0 radical (unpaired) electrons. The molecule has 0 spiro atoms. The first-order valence-corrected chi connectivity index (χ1v) is 6.92. The number of rotatable bonds is 3. The smallest absolute Gasteiger partial charge is 0.232 e. The first-order chi connectivity index (χ1) is 9.23. The van der Waals surface area contributed by atoms with Crippen LogP contribution in [0.4, 0.5) is 5.69 Å². The Balaban J connectivity index is 1.74. The maximum Gasteiger partial charge on any atom is 0.232 e. The molecule has 1 aromatic rings. The van der Waals surface area contributed by atoms with Crippen LogP contribution >= 0.6 is 0 Å². The number of carbonyl (C=O) groups is 1. The van der Waals surface area contributed by atoms with Crippen molar-refractivity contribution in [1.82, 2.24) is 0 Å². The summed E-state index contributed by atoms with van der Waals surface area (Å²) in [5.41, 5.74) is 1.40. The first kappa shape index (κ1) is 12.5. The Kier molecular flexibility index (Phi) is 3.19. The number of anilines is 1. The van der Waals surface area contributed by atoms with E-state index in [1.165, 1.54) is 0 Å². The highest BCUT2D eigenvalue weighted by Gasteiger charge is 2.43. The lowest BCUT2D eigenvalue weighted by Gasteiger charge is -2.38. The average Bonchev–Trinajstić information content (AvgIpc) is 2.38. The second-order valence-corrected chi connectivity index (χ2v) is 5.52. The molecule has 3 rings (SSSR count). The molecule has 19 heavy (non-hydrogen) atoms. The summed E-state index contributed by atoms with van der Waals surface area (Å²) in [5.74, 6) is 0.864. The molecule has 1 aliphatic carbocycles. The Hall–Kier alpha value is -1.55. The maximum atomic E-state index is 12.2. The molecule has 2 N–H and O–H groups in total. The van der Waals surface area contributed by atoms with Gasteiger partial charge in [-0.3, -0.25) is 4.79 Å². The van der Waals surface area contributed by atoms with Crippen molar-refractivity contribution in [3.05, 3.63) is 23.8 Å². The number of benzene rings is 1. The van der Waals surface area contributed by atoms with Gasteiger partial charge < -0.3 is 15.2 Å². The van der Waals surface area contributed by atoms with Gasteiger partial charge in [-0.1, -0.05) is 6.42 Å². The molecule has 1 aromatic carbocycles. The zero-order chi connectivity index (χ0) is 13.3. The molecule has 0 unspecified atom stereocenters. The molecule has 0 bridgehead atoms. The number of aliphatic hydroxyl groups excluding tert-OH is 1. The number of aliphatic hydroxyl groups is 1. The van der Waals surface area contributed by atoms with Gasteiger partial charge in [0, 0.05) is 5.69 Å². The zero-order valence-electron chi connectivity index (χ0n) is 10.9. The van der Waals surface area contributed by atoms with Crippen molar-refractivity contribution in [2.75, 3.05) is 18.5 Å². The fourth-order valence-corrected chi connectivity index (χ4v) is 2.76. The summed E-state index contributed by atoms with van der Waals surface area (Å²) in [6.07, 6.45) is 4.59. The number of amides is 1. The number of hydrogen-bond donors (Lipinski definition) is 2. The second kappa shape index (κ2) is 4.85. The van der Waals surface area contributed by atoms with Gasteiger partial charge in [0.15, 0.2) is 0 Å². The van der Waals surface area contributed by atoms with E-state index in [2.05, 4.69) is 5.32 Å². The quantitative estimate of drug-likeness (QED) is 0.876. The number of fused-ring (bicyclic) bond motifs is 1. The summed E-state index contributed by atoms with van der Waals surface area (Å²) in [7, 11) is 0. The van der Waals surface area contributed by atoms with Gasteiger partial charge >= 0.3 is 0 Å². The average molecular weight is 261 g/mol. The van der Waals surface area contributed by atoms with E-state index in [0.29, 0.717) is 0 Å². The summed E-state index contributed by atoms with van der Waals surface area (Å²) in [6, 6.07) is 5.76. The molecule has 1 amide bonds. The van der Waals surface area contributed by atoms with Crippen molar-refractivity contribution in [3.8, 4) is 5.75 Å². The number of nitrogens with one attached hydrogen (secondary N) is 1. The van der Waals surface area contributed by atoms with E-state index in [0.717, 1.165) is 55.7 Å². The third kappa shape index (κ3) is 2.21. The molecular weight excluding hydrogens is 242 g/mol. The van der Waals surface area contributed by atoms with Crippen LogP contribution in [0.3, 0.4) is 0 Å². The molecule has 1 saturated carbocycles. The lowest BCUT2D eigenvalue weighted by molar-refractivity contribution is -0.133. The van der Waals surface area contributed by atoms with Crippen LogP contribution in [0.1, 0.15) is 31.2 Å². The largest absolute Gasteiger partial charge is 0.493 e. The van der Waals surface area contributed by atoms with Crippen LogP contribution in [-0.2, 0) is 11.2 Å². The third-order valence-corrected chi connectivity index (χ3v) is 4.26. The van der Waals surface area contributed by atoms with Crippen molar-refractivity contribution in [2.45, 2.75) is 32.1 Å². The van der Waals surface area contributed by atoms with E-state index in [9.17, 15) is 9.90 Å². The van der Waals surface area contributed by atoms with Gasteiger partial charge in [-0.15, -0.1) is 0 Å². The third-order valence-electron chi connectivity index (χ3n) is 4.26. The lowest BCUT2D eigenvalue weighted by atomic mass is 9.68. The van der Waals surface area contributed by atoms with Gasteiger partial charge in [0.05, 0.1) is 18.6 Å². The van der Waals surface area contributed by atoms with Gasteiger partial charge in [0.1, 0.15) is 5.75 Å². The van der Waals surface area contributed by atoms with E-state index >= 15 is 0 Å². The van der Waals surface area contributed by atoms with Gasteiger partial charge in [-0.25, -0.2) is 0 Å². The number of carbonyl (C=O) groups excluding carboxylic acids is 1. The minimum atomic E-state index is -0.549. The molecule has 1 aliphatic heterocycles.